The number of aliphatic carboxylic acids is 1. The normalized spacial score (nSPS) is 34.3. The molecule has 4 aliphatic rings. The van der Waals surface area contributed by atoms with E-state index in [2.05, 4.69) is 4.98 Å². The number of thioether (sulfide) groups is 1. The molecule has 2 saturated carbocycles. The van der Waals surface area contributed by atoms with E-state index in [9.17, 15) is 29.4 Å². The van der Waals surface area contributed by atoms with Crippen molar-refractivity contribution in [2.24, 2.45) is 35.5 Å². The lowest BCUT2D eigenvalue weighted by Crippen LogP contribution is -2.49. The minimum absolute atomic E-state index is 0.00682. The van der Waals surface area contributed by atoms with Crippen LogP contribution >= 0.6 is 23.1 Å². The molecule has 2 aliphatic carbocycles. The molecule has 3 heterocycles. The Morgan fingerprint density at radius 1 is 1.12 bits per heavy atom. The van der Waals surface area contributed by atoms with E-state index in [4.69, 9.17) is 0 Å². The quantitative estimate of drug-likeness (QED) is 0.551. The Balaban J connectivity index is 1.46. The summed E-state index contributed by atoms with van der Waals surface area (Å²) in [5.74, 6) is -3.75. The van der Waals surface area contributed by atoms with E-state index in [1.54, 1.807) is 37.7 Å². The maximum absolute atomic E-state index is 13.6. The number of carbonyl (C=O) groups is 3. The van der Waals surface area contributed by atoms with Gasteiger partial charge in [-0.1, -0.05) is 43.4 Å². The van der Waals surface area contributed by atoms with Crippen molar-refractivity contribution in [3.63, 3.8) is 0 Å². The lowest BCUT2D eigenvalue weighted by molar-refractivity contribution is -0.157. The molecule has 10 heteroatoms. The number of rotatable bonds is 4. The Kier molecular flexibility index (Phi) is 4.80. The number of amides is 2. The van der Waals surface area contributed by atoms with Gasteiger partial charge in [0.2, 0.25) is 11.8 Å². The van der Waals surface area contributed by atoms with Gasteiger partial charge in [-0.25, -0.2) is 4.79 Å². The summed E-state index contributed by atoms with van der Waals surface area (Å²) < 4.78 is 0. The average Bonchev–Trinajstić information content (AvgIpc) is 3.49. The fourth-order valence-corrected chi connectivity index (χ4v) is 9.99. The molecular weight excluding hydrogens is 476 g/mol. The van der Waals surface area contributed by atoms with E-state index in [1.165, 1.54) is 0 Å². The van der Waals surface area contributed by atoms with Crippen LogP contribution in [0, 0.1) is 35.5 Å². The van der Waals surface area contributed by atoms with Crippen molar-refractivity contribution < 1.29 is 24.6 Å². The van der Waals surface area contributed by atoms with Gasteiger partial charge in [0, 0.05) is 21.6 Å². The number of phenols is 1. The number of para-hydroxylation sites is 1. The van der Waals surface area contributed by atoms with Crippen molar-refractivity contribution in [1.29, 1.82) is 0 Å². The molecule has 2 aromatic rings. The molecule has 0 radical (unpaired) electrons. The first-order chi connectivity index (χ1) is 16.2. The smallest absolute Gasteiger partial charge is 0.327 e. The third kappa shape index (κ3) is 2.78. The van der Waals surface area contributed by atoms with Gasteiger partial charge in [0.05, 0.1) is 16.9 Å². The van der Waals surface area contributed by atoms with Crippen LogP contribution in [0.15, 0.2) is 34.1 Å². The summed E-state index contributed by atoms with van der Waals surface area (Å²) in [6.07, 6.45) is 0.714. The number of aromatic hydroxyl groups is 1. The largest absolute Gasteiger partial charge is 0.508 e. The molecule has 1 aromatic heterocycles. The number of H-pyrrole nitrogens is 1. The number of nitrogens with one attached hydrogen (secondary N) is 1. The summed E-state index contributed by atoms with van der Waals surface area (Å²) in [7, 11) is 0. The van der Waals surface area contributed by atoms with E-state index >= 15 is 0 Å². The molecule has 1 saturated heterocycles. The van der Waals surface area contributed by atoms with Crippen molar-refractivity contribution in [2.45, 2.75) is 42.5 Å². The molecule has 34 heavy (non-hydrogen) atoms. The summed E-state index contributed by atoms with van der Waals surface area (Å²) in [5, 5.41) is 21.3. The van der Waals surface area contributed by atoms with Crippen LogP contribution in [0.5, 0.6) is 5.75 Å². The van der Waals surface area contributed by atoms with Crippen LogP contribution in [0.25, 0.3) is 0 Å². The number of thiazole rings is 1. The highest BCUT2D eigenvalue weighted by Gasteiger charge is 2.70. The molecule has 2 bridgehead atoms. The lowest BCUT2D eigenvalue weighted by atomic mass is 9.68. The summed E-state index contributed by atoms with van der Waals surface area (Å²) >= 11 is 2.70. The van der Waals surface area contributed by atoms with Gasteiger partial charge in [-0.05, 0) is 36.2 Å². The zero-order chi connectivity index (χ0) is 24.0. The first-order valence-corrected chi connectivity index (χ1v) is 13.2. The second-order valence-electron chi connectivity index (χ2n) is 10.1. The predicted octanol–water partition coefficient (Wildman–Crippen LogP) is 2.72. The van der Waals surface area contributed by atoms with Gasteiger partial charge in [0.1, 0.15) is 11.8 Å². The molecule has 0 unspecified atom stereocenters. The van der Waals surface area contributed by atoms with Crippen molar-refractivity contribution in [2.75, 3.05) is 0 Å². The summed E-state index contributed by atoms with van der Waals surface area (Å²) in [5.41, 5.74) is 0.720. The molecule has 3 fully saturated rings. The minimum atomic E-state index is -1.17. The van der Waals surface area contributed by atoms with Crippen LogP contribution in [-0.2, 0) is 14.4 Å². The highest BCUT2D eigenvalue weighted by atomic mass is 32.2. The monoisotopic (exact) mass is 500 g/mol. The Morgan fingerprint density at radius 3 is 2.44 bits per heavy atom. The summed E-state index contributed by atoms with van der Waals surface area (Å²) in [6.45, 7) is 3.42. The van der Waals surface area contributed by atoms with E-state index < -0.39 is 29.8 Å². The molecule has 0 spiro atoms. The molecule has 2 aliphatic heterocycles. The maximum atomic E-state index is 13.6. The van der Waals surface area contributed by atoms with Crippen molar-refractivity contribution in [3.8, 4) is 5.75 Å². The fourth-order valence-electron chi connectivity index (χ4n) is 7.11. The van der Waals surface area contributed by atoms with Crippen molar-refractivity contribution >= 4 is 40.9 Å². The third-order valence-corrected chi connectivity index (χ3v) is 10.8. The summed E-state index contributed by atoms with van der Waals surface area (Å²) in [6, 6.07) is 5.91. The van der Waals surface area contributed by atoms with Gasteiger partial charge in [-0.3, -0.25) is 19.3 Å². The maximum Gasteiger partial charge on any atom is 0.327 e. The average molecular weight is 501 g/mol. The van der Waals surface area contributed by atoms with Crippen molar-refractivity contribution in [1.82, 2.24) is 9.88 Å². The number of imide groups is 1. The number of phenolic OH excluding ortho intramolecular Hbond substituents is 1. The van der Waals surface area contributed by atoms with Crippen LogP contribution in [0.4, 0.5) is 0 Å². The molecule has 2 amide bonds. The predicted molar refractivity (Wildman–Crippen MR) is 125 cm³/mol. The molecular formula is C24H24N2O6S2. The SMILES string of the molecule is CC(C)[C@H](C(=O)O)N1C(=O)[C@@H]2[C@H]3C[C@@H]([C@@H]2C1=O)[C@H]1[C@@H](c2ccccc2O)c2sc(=O)[nH]c2S[C@@H]31. The molecule has 8 nitrogen and oxygen atoms in total. The number of hydrogen-bond acceptors (Lipinski definition) is 7. The lowest BCUT2D eigenvalue weighted by Gasteiger charge is -2.43. The minimum Gasteiger partial charge on any atom is -0.508 e. The van der Waals surface area contributed by atoms with Crippen LogP contribution in [0.1, 0.15) is 36.6 Å². The van der Waals surface area contributed by atoms with E-state index in [-0.39, 0.29) is 51.4 Å². The van der Waals surface area contributed by atoms with Gasteiger partial charge >= 0.3 is 10.8 Å². The van der Waals surface area contributed by atoms with E-state index in [0.717, 1.165) is 31.7 Å². The molecule has 8 atom stereocenters. The van der Waals surface area contributed by atoms with Crippen LogP contribution in [0.2, 0.25) is 0 Å². The molecule has 178 valence electrons. The van der Waals surface area contributed by atoms with Gasteiger partial charge < -0.3 is 15.2 Å². The number of aromatic nitrogens is 1. The highest BCUT2D eigenvalue weighted by molar-refractivity contribution is 8.00. The topological polar surface area (TPSA) is 128 Å². The van der Waals surface area contributed by atoms with Crippen LogP contribution < -0.4 is 4.87 Å². The first kappa shape index (κ1) is 21.9. The van der Waals surface area contributed by atoms with E-state index in [1.807, 2.05) is 12.1 Å². The van der Waals surface area contributed by atoms with Gasteiger partial charge in [0.25, 0.3) is 0 Å². The van der Waals surface area contributed by atoms with Gasteiger partial charge in [0.15, 0.2) is 0 Å². The second kappa shape index (κ2) is 7.45. The Hall–Kier alpha value is -2.59. The Labute approximate surface area is 203 Å². The standard InChI is InChI=1S/C24H24N2O6S2/c1-8(2)17(23(30)31)26-21(28)15-10-7-11(16(15)22(26)29)18-14(10)13(9-5-3-4-6-12(9)27)19-20(33-18)25-24(32)34-19/h3-6,8,10-11,13-18,27H,7H2,1-2H3,(H,25,32)(H,30,31)/t10-,11-,13-,14+,15+,16-,17-,18+/m1/s1. The number of carboxylic acid groups (broad SMARTS) is 1. The third-order valence-electron chi connectivity index (χ3n) is 8.19. The number of carbonyl (C=O) groups excluding carboxylic acids is 2. The number of aromatic amines is 1. The Bertz CT molecular complexity index is 1280. The van der Waals surface area contributed by atoms with Gasteiger partial charge in [-0.15, -0.1) is 11.8 Å². The fraction of sp³-hybridized carbons (Fsp3) is 0.500. The number of hydrogen-bond donors (Lipinski definition) is 3. The number of benzene rings is 1. The number of likely N-dealkylation sites (tertiary alicyclic amines) is 1. The molecule has 1 aromatic carbocycles. The number of nitrogens with zero attached hydrogens (tertiary/aromatic N) is 1. The highest BCUT2D eigenvalue weighted by Crippen LogP contribution is 2.69. The van der Waals surface area contributed by atoms with Crippen molar-refractivity contribution in [3.05, 3.63) is 44.4 Å². The number of fused-ring (bicyclic) bond motifs is 9. The van der Waals surface area contributed by atoms with Gasteiger partial charge in [-0.2, -0.15) is 0 Å². The van der Waals surface area contributed by atoms with Crippen LogP contribution in [-0.4, -0.2) is 49.2 Å². The zero-order valence-electron chi connectivity index (χ0n) is 18.5. The second-order valence-corrected chi connectivity index (χ2v) is 12.3. The molecule has 3 N–H and O–H groups in total. The zero-order valence-corrected chi connectivity index (χ0v) is 20.1. The number of carboxylic acids is 1. The molecule has 6 rings (SSSR count). The first-order valence-electron chi connectivity index (χ1n) is 11.5. The van der Waals surface area contributed by atoms with Crippen LogP contribution in [0.3, 0.4) is 0 Å². The van der Waals surface area contributed by atoms with E-state index in [0.29, 0.717) is 6.42 Å². The Morgan fingerprint density at radius 2 is 1.79 bits per heavy atom. The summed E-state index contributed by atoms with van der Waals surface area (Å²) in [4.78, 5) is 56.0.